The van der Waals surface area contributed by atoms with Gasteiger partial charge in [0.2, 0.25) is 17.7 Å². The molecule has 0 saturated heterocycles. The fourth-order valence-corrected chi connectivity index (χ4v) is 4.20. The molecule has 2 aromatic rings. The van der Waals surface area contributed by atoms with E-state index in [9.17, 15) is 10.1 Å². The van der Waals surface area contributed by atoms with Gasteiger partial charge in [-0.3, -0.25) is 9.89 Å². The number of nitriles is 1. The molecule has 0 saturated carbocycles. The van der Waals surface area contributed by atoms with Crippen LogP contribution in [0, 0.1) is 11.3 Å². The largest absolute Gasteiger partial charge is 0.420 e. The van der Waals surface area contributed by atoms with E-state index >= 15 is 0 Å². The molecule has 28 heavy (non-hydrogen) atoms. The Morgan fingerprint density at radius 1 is 1.46 bits per heavy atom. The summed E-state index contributed by atoms with van der Waals surface area (Å²) >= 11 is 0. The zero-order chi connectivity index (χ0) is 19.9. The number of aryl methyl sites for hydroxylation is 1. The van der Waals surface area contributed by atoms with E-state index in [1.807, 2.05) is 24.3 Å². The van der Waals surface area contributed by atoms with E-state index in [0.29, 0.717) is 24.1 Å². The van der Waals surface area contributed by atoms with Crippen LogP contribution < -0.4 is 15.4 Å². The minimum Gasteiger partial charge on any atom is -0.420 e. The van der Waals surface area contributed by atoms with E-state index in [1.54, 1.807) is 11.0 Å². The summed E-state index contributed by atoms with van der Waals surface area (Å²) < 4.78 is 5.64. The Balaban J connectivity index is 2.07. The molecule has 2 aliphatic rings. The number of nitrogens with one attached hydrogen (secondary N) is 1. The molecule has 7 nitrogen and oxygen atoms in total. The summed E-state index contributed by atoms with van der Waals surface area (Å²) in [5.74, 6) is -0.0739. The average Bonchev–Trinajstić information content (AvgIpc) is 3.20. The molecule has 0 aliphatic carbocycles. The molecule has 0 fully saturated rings. The third kappa shape index (κ3) is 2.15. The monoisotopic (exact) mass is 375 g/mol. The number of carbonyl (C=O) groups excluding carboxylic acids is 1. The Bertz CT molecular complexity index is 1050. The van der Waals surface area contributed by atoms with E-state index < -0.39 is 5.41 Å². The van der Waals surface area contributed by atoms with Crippen molar-refractivity contribution in [2.24, 2.45) is 5.73 Å². The molecular weight excluding hydrogens is 354 g/mol. The number of hydrogen-bond acceptors (Lipinski definition) is 5. The van der Waals surface area contributed by atoms with Crippen LogP contribution in [0.4, 0.5) is 5.69 Å². The van der Waals surface area contributed by atoms with Gasteiger partial charge in [0.05, 0.1) is 5.56 Å². The Labute approximate surface area is 163 Å². The van der Waals surface area contributed by atoms with Crippen LogP contribution >= 0.6 is 0 Å². The molecule has 1 amide bonds. The van der Waals surface area contributed by atoms with Crippen LogP contribution in [0.25, 0.3) is 0 Å². The molecule has 0 bridgehead atoms. The van der Waals surface area contributed by atoms with Gasteiger partial charge in [0, 0.05) is 23.5 Å². The van der Waals surface area contributed by atoms with Gasteiger partial charge in [0.15, 0.2) is 0 Å². The maximum absolute atomic E-state index is 13.9. The normalized spacial score (nSPS) is 20.0. The van der Waals surface area contributed by atoms with Gasteiger partial charge < -0.3 is 15.4 Å². The van der Waals surface area contributed by atoms with Crippen LogP contribution in [0.5, 0.6) is 5.88 Å². The highest BCUT2D eigenvalue weighted by atomic mass is 16.5. The SMILES string of the molecule is C=CCN1C(=O)[C@]2(C(C#N)=C(N)Oc3n[nH]c(CCCC)c32)c2ccccc21. The Morgan fingerprint density at radius 2 is 2.25 bits per heavy atom. The number of unbranched alkanes of at least 4 members (excludes halogenated alkanes) is 1. The van der Waals surface area contributed by atoms with Crippen molar-refractivity contribution < 1.29 is 9.53 Å². The number of nitrogens with zero attached hydrogens (tertiary/aromatic N) is 3. The third-order valence-corrected chi connectivity index (χ3v) is 5.38. The van der Waals surface area contributed by atoms with Gasteiger partial charge in [-0.15, -0.1) is 11.7 Å². The van der Waals surface area contributed by atoms with Crippen LogP contribution in [0.1, 0.15) is 36.6 Å². The highest BCUT2D eigenvalue weighted by Crippen LogP contribution is 2.55. The molecule has 3 heterocycles. The third-order valence-electron chi connectivity index (χ3n) is 5.38. The van der Waals surface area contributed by atoms with Crippen LogP contribution in [-0.2, 0) is 16.6 Å². The van der Waals surface area contributed by atoms with Crippen molar-refractivity contribution in [2.75, 3.05) is 11.4 Å². The van der Waals surface area contributed by atoms with Gasteiger partial charge >= 0.3 is 0 Å². The first-order valence-corrected chi connectivity index (χ1v) is 9.29. The highest BCUT2D eigenvalue weighted by molar-refractivity contribution is 6.14. The number of amides is 1. The number of anilines is 1. The first-order valence-electron chi connectivity index (χ1n) is 9.29. The van der Waals surface area contributed by atoms with E-state index in [0.717, 1.165) is 24.2 Å². The second-order valence-corrected chi connectivity index (χ2v) is 6.91. The van der Waals surface area contributed by atoms with E-state index in [1.165, 1.54) is 0 Å². The number of aromatic amines is 1. The highest BCUT2D eigenvalue weighted by Gasteiger charge is 2.60. The molecule has 0 unspecified atom stereocenters. The van der Waals surface area contributed by atoms with E-state index in [4.69, 9.17) is 10.5 Å². The van der Waals surface area contributed by atoms with Crippen LogP contribution in [0.15, 0.2) is 48.4 Å². The number of fused-ring (bicyclic) bond motifs is 4. The molecule has 1 aromatic heterocycles. The number of rotatable bonds is 5. The molecule has 0 radical (unpaired) electrons. The summed E-state index contributed by atoms with van der Waals surface area (Å²) in [5.41, 5.74) is 7.68. The number of hydrogen-bond donors (Lipinski definition) is 2. The molecule has 3 N–H and O–H groups in total. The fourth-order valence-electron chi connectivity index (χ4n) is 4.20. The van der Waals surface area contributed by atoms with Crippen molar-refractivity contribution in [3.8, 4) is 11.9 Å². The molecule has 1 aromatic carbocycles. The zero-order valence-electron chi connectivity index (χ0n) is 15.7. The second kappa shape index (κ2) is 6.57. The first kappa shape index (κ1) is 17.9. The van der Waals surface area contributed by atoms with Crippen molar-refractivity contribution in [1.82, 2.24) is 10.2 Å². The Morgan fingerprint density at radius 3 is 2.96 bits per heavy atom. The van der Waals surface area contributed by atoms with E-state index in [-0.39, 0.29) is 23.2 Å². The molecule has 1 atom stereocenters. The van der Waals surface area contributed by atoms with Gasteiger partial charge in [0.25, 0.3) is 0 Å². The lowest BCUT2D eigenvalue weighted by Gasteiger charge is -2.32. The van der Waals surface area contributed by atoms with Crippen molar-refractivity contribution >= 4 is 11.6 Å². The number of para-hydroxylation sites is 1. The summed E-state index contributed by atoms with van der Waals surface area (Å²) in [4.78, 5) is 15.5. The molecule has 4 rings (SSSR count). The smallest absolute Gasteiger partial charge is 0.248 e. The first-order chi connectivity index (χ1) is 13.6. The summed E-state index contributed by atoms with van der Waals surface area (Å²) in [5, 5.41) is 17.3. The zero-order valence-corrected chi connectivity index (χ0v) is 15.7. The quantitative estimate of drug-likeness (QED) is 0.781. The molecule has 2 aliphatic heterocycles. The number of nitrogens with two attached hydrogens (primary N) is 1. The fraction of sp³-hybridized carbons (Fsp3) is 0.286. The van der Waals surface area contributed by atoms with Gasteiger partial charge in [0.1, 0.15) is 17.1 Å². The second-order valence-electron chi connectivity index (χ2n) is 6.91. The minimum absolute atomic E-state index is 0.0906. The summed E-state index contributed by atoms with van der Waals surface area (Å²) in [6.07, 6.45) is 4.26. The number of ether oxygens (including phenoxy) is 1. The lowest BCUT2D eigenvalue weighted by Crippen LogP contribution is -2.46. The number of benzene rings is 1. The van der Waals surface area contributed by atoms with Crippen molar-refractivity contribution in [3.05, 3.63) is 65.2 Å². The molecular formula is C21H21N5O2. The maximum Gasteiger partial charge on any atom is 0.248 e. The number of carbonyl (C=O) groups is 1. The van der Waals surface area contributed by atoms with Crippen LogP contribution in [0.2, 0.25) is 0 Å². The van der Waals surface area contributed by atoms with Gasteiger partial charge in [-0.05, 0) is 18.9 Å². The van der Waals surface area contributed by atoms with Crippen molar-refractivity contribution in [2.45, 2.75) is 31.6 Å². The summed E-state index contributed by atoms with van der Waals surface area (Å²) in [6.45, 7) is 6.19. The number of H-pyrrole nitrogens is 1. The molecule has 142 valence electrons. The van der Waals surface area contributed by atoms with Crippen molar-refractivity contribution in [1.29, 1.82) is 5.26 Å². The Hall–Kier alpha value is -3.53. The van der Waals surface area contributed by atoms with Gasteiger partial charge in [-0.25, -0.2) is 0 Å². The maximum atomic E-state index is 13.9. The average molecular weight is 375 g/mol. The standard InChI is InChI=1S/C21H21N5O2/c1-3-5-9-15-17-19(25-24-15)28-18(23)14(12-22)21(17)13-8-6-7-10-16(13)26(11-4-2)20(21)27/h4,6-8,10H,2-3,5,9,11,23H2,1H3,(H,24,25)/t21-/m0/s1. The lowest BCUT2D eigenvalue weighted by atomic mass is 9.68. The minimum atomic E-state index is -1.36. The number of aromatic nitrogens is 2. The summed E-state index contributed by atoms with van der Waals surface area (Å²) in [6, 6.07) is 9.62. The molecule has 7 heteroatoms. The van der Waals surface area contributed by atoms with E-state index in [2.05, 4.69) is 29.8 Å². The van der Waals surface area contributed by atoms with Crippen LogP contribution in [-0.4, -0.2) is 22.6 Å². The Kier molecular flexibility index (Phi) is 4.19. The predicted molar refractivity (Wildman–Crippen MR) is 104 cm³/mol. The van der Waals surface area contributed by atoms with Crippen LogP contribution in [0.3, 0.4) is 0 Å². The molecule has 1 spiro atoms. The lowest BCUT2D eigenvalue weighted by molar-refractivity contribution is -0.120. The van der Waals surface area contributed by atoms with Gasteiger partial charge in [-0.1, -0.05) is 37.6 Å². The summed E-state index contributed by atoms with van der Waals surface area (Å²) in [7, 11) is 0. The predicted octanol–water partition coefficient (Wildman–Crippen LogP) is 2.66. The van der Waals surface area contributed by atoms with Crippen molar-refractivity contribution in [3.63, 3.8) is 0 Å². The van der Waals surface area contributed by atoms with Gasteiger partial charge in [-0.2, -0.15) is 5.26 Å². The topological polar surface area (TPSA) is 108 Å².